The lowest BCUT2D eigenvalue weighted by molar-refractivity contribution is 0.309. The molecule has 1 atom stereocenters. The van der Waals surface area contributed by atoms with Crippen molar-refractivity contribution in [1.29, 1.82) is 0 Å². The smallest absolute Gasteiger partial charge is 0.122 e. The number of rotatable bonds is 5. The molecule has 0 amide bonds. The van der Waals surface area contributed by atoms with Crippen molar-refractivity contribution in [3.8, 4) is 5.75 Å². The molecule has 0 bridgehead atoms. The number of aryl methyl sites for hydroxylation is 1. The van der Waals surface area contributed by atoms with Crippen molar-refractivity contribution in [2.24, 2.45) is 0 Å². The standard InChI is InChI=1S/C17H20BrNOS/c1-2-19-17-5-3-4-12-8-14(6-7-16(12)17)20-10-15-9-13(18)11-21-15/h6-9,11,17,19H,2-5,10H2,1H3. The molecule has 0 aliphatic heterocycles. The van der Waals surface area contributed by atoms with Gasteiger partial charge < -0.3 is 10.1 Å². The SMILES string of the molecule is CCNC1CCCc2cc(OCc3cc(Br)cs3)ccc21. The second-order valence-electron chi connectivity index (χ2n) is 5.38. The number of thiophene rings is 1. The van der Waals surface area contributed by atoms with Crippen LogP contribution in [-0.2, 0) is 13.0 Å². The Labute approximate surface area is 138 Å². The van der Waals surface area contributed by atoms with Gasteiger partial charge in [-0.2, -0.15) is 0 Å². The predicted octanol–water partition coefficient (Wildman–Crippen LogP) is 5.08. The third kappa shape index (κ3) is 3.68. The Kier molecular flexibility index (Phi) is 4.99. The molecule has 1 aromatic carbocycles. The molecule has 1 aliphatic rings. The van der Waals surface area contributed by atoms with Gasteiger partial charge in [-0.25, -0.2) is 0 Å². The summed E-state index contributed by atoms with van der Waals surface area (Å²) in [4.78, 5) is 1.24. The Balaban J connectivity index is 1.70. The predicted molar refractivity (Wildman–Crippen MR) is 92.1 cm³/mol. The summed E-state index contributed by atoms with van der Waals surface area (Å²) in [6, 6.07) is 9.20. The van der Waals surface area contributed by atoms with Gasteiger partial charge in [-0.1, -0.05) is 13.0 Å². The largest absolute Gasteiger partial charge is 0.488 e. The summed E-state index contributed by atoms with van der Waals surface area (Å²) in [7, 11) is 0. The molecule has 1 heterocycles. The number of fused-ring (bicyclic) bond motifs is 1. The lowest BCUT2D eigenvalue weighted by atomic mass is 9.87. The molecule has 1 aliphatic carbocycles. The molecule has 3 rings (SSSR count). The van der Waals surface area contributed by atoms with Crippen LogP contribution in [0.15, 0.2) is 34.1 Å². The average molecular weight is 366 g/mol. The zero-order chi connectivity index (χ0) is 14.7. The minimum absolute atomic E-state index is 0.515. The molecule has 1 unspecified atom stereocenters. The minimum atomic E-state index is 0.515. The van der Waals surface area contributed by atoms with E-state index in [0.717, 1.165) is 16.8 Å². The van der Waals surface area contributed by atoms with Gasteiger partial charge in [0.05, 0.1) is 0 Å². The molecule has 4 heteroatoms. The maximum Gasteiger partial charge on any atom is 0.122 e. The highest BCUT2D eigenvalue weighted by molar-refractivity contribution is 9.10. The third-order valence-electron chi connectivity index (χ3n) is 3.88. The van der Waals surface area contributed by atoms with Crippen LogP contribution < -0.4 is 10.1 Å². The van der Waals surface area contributed by atoms with Crippen LogP contribution in [0.25, 0.3) is 0 Å². The number of hydrogen-bond donors (Lipinski definition) is 1. The van der Waals surface area contributed by atoms with Crippen molar-refractivity contribution < 1.29 is 4.74 Å². The lowest BCUT2D eigenvalue weighted by Gasteiger charge is -2.26. The molecular weight excluding hydrogens is 346 g/mol. The second-order valence-corrected chi connectivity index (χ2v) is 7.29. The highest BCUT2D eigenvalue weighted by Crippen LogP contribution is 2.32. The molecule has 1 aromatic heterocycles. The molecule has 0 saturated heterocycles. The van der Waals surface area contributed by atoms with E-state index in [1.165, 1.54) is 35.3 Å². The first-order valence-corrected chi connectivity index (χ1v) is 9.15. The molecule has 0 fully saturated rings. The number of nitrogens with one attached hydrogen (secondary N) is 1. The maximum absolute atomic E-state index is 5.94. The fraction of sp³-hybridized carbons (Fsp3) is 0.412. The number of hydrogen-bond acceptors (Lipinski definition) is 3. The fourth-order valence-electron chi connectivity index (χ4n) is 2.92. The average Bonchev–Trinajstić information content (AvgIpc) is 2.91. The van der Waals surface area contributed by atoms with Gasteiger partial charge in [-0.3, -0.25) is 0 Å². The molecule has 2 aromatic rings. The van der Waals surface area contributed by atoms with E-state index in [4.69, 9.17) is 4.74 Å². The molecule has 1 N–H and O–H groups in total. The summed E-state index contributed by atoms with van der Waals surface area (Å²) in [6.07, 6.45) is 3.66. The van der Waals surface area contributed by atoms with E-state index in [-0.39, 0.29) is 0 Å². The maximum atomic E-state index is 5.94. The number of halogens is 1. The van der Waals surface area contributed by atoms with Gasteiger partial charge in [-0.15, -0.1) is 11.3 Å². The van der Waals surface area contributed by atoms with Crippen LogP contribution in [0.5, 0.6) is 5.75 Å². The quantitative estimate of drug-likeness (QED) is 0.797. The normalized spacial score (nSPS) is 17.5. The van der Waals surface area contributed by atoms with E-state index >= 15 is 0 Å². The molecule has 0 spiro atoms. The van der Waals surface area contributed by atoms with Crippen LogP contribution in [0.1, 0.15) is 41.8 Å². The van der Waals surface area contributed by atoms with Crippen LogP contribution in [-0.4, -0.2) is 6.54 Å². The summed E-state index contributed by atoms with van der Waals surface area (Å²) >= 11 is 5.20. The molecule has 2 nitrogen and oxygen atoms in total. The van der Waals surface area contributed by atoms with E-state index < -0.39 is 0 Å². The summed E-state index contributed by atoms with van der Waals surface area (Å²) in [6.45, 7) is 3.84. The first-order valence-electron chi connectivity index (χ1n) is 7.48. The Morgan fingerprint density at radius 1 is 1.38 bits per heavy atom. The van der Waals surface area contributed by atoms with Crippen LogP contribution in [0, 0.1) is 0 Å². The van der Waals surface area contributed by atoms with Crippen molar-refractivity contribution in [3.05, 3.63) is 50.1 Å². The lowest BCUT2D eigenvalue weighted by Crippen LogP contribution is -2.24. The summed E-state index contributed by atoms with van der Waals surface area (Å²) < 4.78 is 7.07. The summed E-state index contributed by atoms with van der Waals surface area (Å²) in [5.74, 6) is 0.982. The molecule has 0 saturated carbocycles. The monoisotopic (exact) mass is 365 g/mol. The van der Waals surface area contributed by atoms with Crippen molar-refractivity contribution in [1.82, 2.24) is 5.32 Å². The Morgan fingerprint density at radius 2 is 2.29 bits per heavy atom. The van der Waals surface area contributed by atoms with E-state index in [1.807, 2.05) is 0 Å². The Bertz CT molecular complexity index is 611. The van der Waals surface area contributed by atoms with Gasteiger partial charge in [0.1, 0.15) is 12.4 Å². The van der Waals surface area contributed by atoms with E-state index in [9.17, 15) is 0 Å². The van der Waals surface area contributed by atoms with Crippen LogP contribution in [0.2, 0.25) is 0 Å². The van der Waals surface area contributed by atoms with Gasteiger partial charge in [0, 0.05) is 20.8 Å². The van der Waals surface area contributed by atoms with Gasteiger partial charge in [0.25, 0.3) is 0 Å². The van der Waals surface area contributed by atoms with Crippen LogP contribution in [0.3, 0.4) is 0 Å². The number of ether oxygens (including phenoxy) is 1. The van der Waals surface area contributed by atoms with Crippen molar-refractivity contribution in [2.75, 3.05) is 6.54 Å². The first kappa shape index (κ1) is 15.1. The minimum Gasteiger partial charge on any atom is -0.488 e. The molecular formula is C17H20BrNOS. The van der Waals surface area contributed by atoms with Gasteiger partial charge in [-0.05, 0) is 71.1 Å². The zero-order valence-corrected chi connectivity index (χ0v) is 14.6. The van der Waals surface area contributed by atoms with E-state index in [0.29, 0.717) is 12.6 Å². The third-order valence-corrected chi connectivity index (χ3v) is 5.55. The highest BCUT2D eigenvalue weighted by atomic mass is 79.9. The van der Waals surface area contributed by atoms with Crippen molar-refractivity contribution in [3.63, 3.8) is 0 Å². The van der Waals surface area contributed by atoms with Gasteiger partial charge in [0.15, 0.2) is 0 Å². The number of benzene rings is 1. The zero-order valence-electron chi connectivity index (χ0n) is 12.2. The molecule has 0 radical (unpaired) electrons. The molecule has 112 valence electrons. The fourth-order valence-corrected chi connectivity index (χ4v) is 4.29. The van der Waals surface area contributed by atoms with E-state index in [1.54, 1.807) is 11.3 Å². The molecule has 21 heavy (non-hydrogen) atoms. The van der Waals surface area contributed by atoms with Gasteiger partial charge in [0.2, 0.25) is 0 Å². The first-order chi connectivity index (χ1) is 10.3. The Morgan fingerprint density at radius 3 is 3.05 bits per heavy atom. The van der Waals surface area contributed by atoms with Crippen molar-refractivity contribution >= 4 is 27.3 Å². The van der Waals surface area contributed by atoms with Crippen molar-refractivity contribution in [2.45, 2.75) is 38.8 Å². The highest BCUT2D eigenvalue weighted by Gasteiger charge is 2.19. The summed E-state index contributed by atoms with van der Waals surface area (Å²) in [5.41, 5.74) is 2.89. The van der Waals surface area contributed by atoms with E-state index in [2.05, 4.69) is 57.8 Å². The topological polar surface area (TPSA) is 21.3 Å². The van der Waals surface area contributed by atoms with Gasteiger partial charge >= 0.3 is 0 Å². The summed E-state index contributed by atoms with van der Waals surface area (Å²) in [5, 5.41) is 5.67. The van der Waals surface area contributed by atoms with Crippen LogP contribution >= 0.6 is 27.3 Å². The Hall–Kier alpha value is -0.840. The second kappa shape index (κ2) is 6.95. The van der Waals surface area contributed by atoms with Crippen LogP contribution in [0.4, 0.5) is 0 Å².